The van der Waals surface area contributed by atoms with Crippen LogP contribution in [0, 0.1) is 11.8 Å². The maximum Gasteiger partial charge on any atom is 0.217 e. The van der Waals surface area contributed by atoms with E-state index in [0.29, 0.717) is 0 Å². The van der Waals surface area contributed by atoms with Gasteiger partial charge in [-0.25, -0.2) is 0 Å². The molecule has 1 heterocycles. The predicted octanol–water partition coefficient (Wildman–Crippen LogP) is 4.45. The zero-order valence-electron chi connectivity index (χ0n) is 16.2. The number of fused-ring (bicyclic) bond motifs is 2. The fraction of sp³-hybridized carbons (Fsp3) is 0.609. The highest BCUT2D eigenvalue weighted by Gasteiger charge is 2.45. The van der Waals surface area contributed by atoms with Gasteiger partial charge in [0.2, 0.25) is 5.91 Å². The van der Waals surface area contributed by atoms with Crippen molar-refractivity contribution >= 4 is 5.91 Å². The Balaban J connectivity index is 0.00000210. The SMILES string of the molecule is CC(=O)NC1CC2(CCN(CC(C)C3C=CCC3)CC2)c2ccccc21.[HH]. The second-order valence-electron chi connectivity index (χ2n) is 8.77. The van der Waals surface area contributed by atoms with E-state index >= 15 is 0 Å². The number of carbonyl (C=O) groups excluding carboxylic acids is 1. The number of hydrogen-bond acceptors (Lipinski definition) is 2. The van der Waals surface area contributed by atoms with Gasteiger partial charge in [0.15, 0.2) is 0 Å². The van der Waals surface area contributed by atoms with E-state index in [9.17, 15) is 4.79 Å². The first kappa shape index (κ1) is 17.8. The Kier molecular flexibility index (Phi) is 4.92. The van der Waals surface area contributed by atoms with Crippen molar-refractivity contribution in [1.82, 2.24) is 10.2 Å². The van der Waals surface area contributed by atoms with Gasteiger partial charge in [-0.2, -0.15) is 0 Å². The Hall–Kier alpha value is -1.61. The molecular formula is C23H34N2O. The summed E-state index contributed by atoms with van der Waals surface area (Å²) in [6.45, 7) is 7.64. The van der Waals surface area contributed by atoms with Crippen LogP contribution in [0.25, 0.3) is 0 Å². The van der Waals surface area contributed by atoms with Gasteiger partial charge in [-0.05, 0) is 68.2 Å². The van der Waals surface area contributed by atoms with Gasteiger partial charge in [0.05, 0.1) is 6.04 Å². The Morgan fingerprint density at radius 3 is 2.81 bits per heavy atom. The van der Waals surface area contributed by atoms with Crippen LogP contribution < -0.4 is 5.32 Å². The second kappa shape index (κ2) is 7.19. The van der Waals surface area contributed by atoms with Gasteiger partial charge in [0.25, 0.3) is 0 Å². The van der Waals surface area contributed by atoms with Crippen LogP contribution in [0.1, 0.15) is 64.5 Å². The summed E-state index contributed by atoms with van der Waals surface area (Å²) in [7, 11) is 0. The molecule has 2 aliphatic carbocycles. The highest BCUT2D eigenvalue weighted by molar-refractivity contribution is 5.73. The fourth-order valence-electron chi connectivity index (χ4n) is 5.58. The highest BCUT2D eigenvalue weighted by atomic mass is 16.1. The summed E-state index contributed by atoms with van der Waals surface area (Å²) in [5, 5.41) is 3.19. The third kappa shape index (κ3) is 3.34. The van der Waals surface area contributed by atoms with Crippen LogP contribution >= 0.6 is 0 Å². The molecule has 26 heavy (non-hydrogen) atoms. The smallest absolute Gasteiger partial charge is 0.217 e. The lowest BCUT2D eigenvalue weighted by Crippen LogP contribution is -2.44. The summed E-state index contributed by atoms with van der Waals surface area (Å²) in [6, 6.07) is 8.98. The zero-order valence-corrected chi connectivity index (χ0v) is 16.2. The third-order valence-electron chi connectivity index (χ3n) is 7.02. The van der Waals surface area contributed by atoms with Crippen molar-refractivity contribution in [2.75, 3.05) is 19.6 Å². The van der Waals surface area contributed by atoms with Crippen molar-refractivity contribution in [2.24, 2.45) is 11.8 Å². The molecule has 1 amide bonds. The minimum absolute atomic E-state index is 0. The van der Waals surface area contributed by atoms with Crippen LogP contribution in [0.3, 0.4) is 0 Å². The first-order chi connectivity index (χ1) is 12.6. The van der Waals surface area contributed by atoms with Gasteiger partial charge in [-0.3, -0.25) is 4.79 Å². The molecule has 4 rings (SSSR count). The Labute approximate surface area is 159 Å². The van der Waals surface area contributed by atoms with Crippen molar-refractivity contribution in [2.45, 2.75) is 57.4 Å². The minimum atomic E-state index is 0. The molecule has 142 valence electrons. The summed E-state index contributed by atoms with van der Waals surface area (Å²) in [4.78, 5) is 14.3. The van der Waals surface area contributed by atoms with Crippen molar-refractivity contribution in [3.8, 4) is 0 Å². The molecule has 3 atom stereocenters. The maximum atomic E-state index is 11.7. The number of piperidine rings is 1. The number of nitrogens with one attached hydrogen (secondary N) is 1. The van der Waals surface area contributed by atoms with Crippen LogP contribution in [0.5, 0.6) is 0 Å². The van der Waals surface area contributed by atoms with E-state index in [1.54, 1.807) is 6.92 Å². The summed E-state index contributed by atoms with van der Waals surface area (Å²) in [6.07, 6.45) is 10.9. The molecule has 1 aromatic rings. The molecule has 3 nitrogen and oxygen atoms in total. The molecule has 1 aliphatic heterocycles. The van der Waals surface area contributed by atoms with E-state index in [-0.39, 0.29) is 18.8 Å². The second-order valence-corrected chi connectivity index (χ2v) is 8.77. The number of benzene rings is 1. The lowest BCUT2D eigenvalue weighted by atomic mass is 9.73. The molecule has 1 spiro atoms. The predicted molar refractivity (Wildman–Crippen MR) is 108 cm³/mol. The average molecular weight is 355 g/mol. The Morgan fingerprint density at radius 2 is 2.12 bits per heavy atom. The van der Waals surface area contributed by atoms with E-state index in [0.717, 1.165) is 18.3 Å². The summed E-state index contributed by atoms with van der Waals surface area (Å²) < 4.78 is 0. The molecule has 3 unspecified atom stereocenters. The van der Waals surface area contributed by atoms with Gasteiger partial charge in [0, 0.05) is 20.3 Å². The van der Waals surface area contributed by atoms with E-state index in [4.69, 9.17) is 0 Å². The molecule has 1 saturated heterocycles. The maximum absolute atomic E-state index is 11.7. The van der Waals surface area contributed by atoms with Gasteiger partial charge in [-0.1, -0.05) is 43.3 Å². The van der Waals surface area contributed by atoms with Crippen LogP contribution in [-0.2, 0) is 10.2 Å². The number of rotatable bonds is 4. The Morgan fingerprint density at radius 1 is 1.35 bits per heavy atom. The first-order valence-electron chi connectivity index (χ1n) is 10.3. The molecule has 0 radical (unpaired) electrons. The molecule has 3 heteroatoms. The van der Waals surface area contributed by atoms with E-state index in [1.165, 1.54) is 56.4 Å². The average Bonchev–Trinajstić information content (AvgIpc) is 3.25. The zero-order chi connectivity index (χ0) is 18.1. The number of carbonyl (C=O) groups is 1. The highest BCUT2D eigenvalue weighted by Crippen LogP contribution is 2.50. The Bertz CT molecular complexity index is 693. The lowest BCUT2D eigenvalue weighted by Gasteiger charge is -2.41. The van der Waals surface area contributed by atoms with E-state index in [1.807, 2.05) is 0 Å². The molecule has 1 N–H and O–H groups in total. The quantitative estimate of drug-likeness (QED) is 0.810. The van der Waals surface area contributed by atoms with E-state index < -0.39 is 0 Å². The minimum Gasteiger partial charge on any atom is -0.349 e. The molecule has 0 aromatic heterocycles. The van der Waals surface area contributed by atoms with Crippen LogP contribution in [0.2, 0.25) is 0 Å². The van der Waals surface area contributed by atoms with Crippen LogP contribution in [0.4, 0.5) is 0 Å². The van der Waals surface area contributed by atoms with Gasteiger partial charge in [-0.15, -0.1) is 0 Å². The molecular weight excluding hydrogens is 320 g/mol. The first-order valence-corrected chi connectivity index (χ1v) is 10.3. The van der Waals surface area contributed by atoms with Crippen LogP contribution in [0.15, 0.2) is 36.4 Å². The number of hydrogen-bond donors (Lipinski definition) is 1. The van der Waals surface area contributed by atoms with Gasteiger partial charge < -0.3 is 10.2 Å². The van der Waals surface area contributed by atoms with Gasteiger partial charge >= 0.3 is 0 Å². The summed E-state index contributed by atoms with van der Waals surface area (Å²) in [5.41, 5.74) is 3.10. The number of allylic oxidation sites excluding steroid dienone is 2. The largest absolute Gasteiger partial charge is 0.349 e. The molecule has 1 aromatic carbocycles. The molecule has 0 saturated carbocycles. The van der Waals surface area contributed by atoms with Crippen molar-refractivity contribution < 1.29 is 6.22 Å². The van der Waals surface area contributed by atoms with Crippen LogP contribution in [-0.4, -0.2) is 30.4 Å². The van der Waals surface area contributed by atoms with Crippen molar-refractivity contribution in [3.05, 3.63) is 47.5 Å². The van der Waals surface area contributed by atoms with Crippen molar-refractivity contribution in [3.63, 3.8) is 0 Å². The third-order valence-corrected chi connectivity index (χ3v) is 7.02. The fourth-order valence-corrected chi connectivity index (χ4v) is 5.58. The summed E-state index contributed by atoms with van der Waals surface area (Å²) >= 11 is 0. The topological polar surface area (TPSA) is 32.3 Å². The van der Waals surface area contributed by atoms with Gasteiger partial charge in [0.1, 0.15) is 0 Å². The normalized spacial score (nSPS) is 28.2. The standard InChI is InChI=1S/C23H32N2O.H2/c1-17(19-7-3-4-8-19)16-25-13-11-23(12-14-25)15-22(24-18(2)26)20-9-5-6-10-21(20)23;/h3,5-7,9-10,17,19,22H,4,8,11-16H2,1-2H3,(H,24,26);1H. The lowest BCUT2D eigenvalue weighted by molar-refractivity contribution is -0.119. The number of amides is 1. The van der Waals surface area contributed by atoms with Crippen molar-refractivity contribution in [1.29, 1.82) is 0 Å². The number of nitrogens with zero attached hydrogens (tertiary/aromatic N) is 1. The molecule has 3 aliphatic rings. The molecule has 1 fully saturated rings. The number of likely N-dealkylation sites (tertiary alicyclic amines) is 1. The summed E-state index contributed by atoms with van der Waals surface area (Å²) in [5.74, 6) is 1.62. The monoisotopic (exact) mass is 354 g/mol. The molecule has 0 bridgehead atoms. The van der Waals surface area contributed by atoms with E-state index in [2.05, 4.69) is 53.6 Å².